The van der Waals surface area contributed by atoms with E-state index in [4.69, 9.17) is 0 Å². The van der Waals surface area contributed by atoms with Gasteiger partial charge in [0.2, 0.25) is 15.9 Å². The van der Waals surface area contributed by atoms with Crippen molar-refractivity contribution in [1.82, 2.24) is 9.21 Å². The van der Waals surface area contributed by atoms with E-state index in [1.54, 1.807) is 38.4 Å². The van der Waals surface area contributed by atoms with Gasteiger partial charge in [0.1, 0.15) is 6.04 Å². The van der Waals surface area contributed by atoms with Crippen molar-refractivity contribution in [2.24, 2.45) is 0 Å². The SMILES string of the molecule is CN(C)C(=O)[C@H]1CCCN1S(=O)(=O)c1cccc(Br)c1. The van der Waals surface area contributed by atoms with E-state index < -0.39 is 16.1 Å². The van der Waals surface area contributed by atoms with Gasteiger partial charge in [-0.3, -0.25) is 4.79 Å². The minimum Gasteiger partial charge on any atom is -0.347 e. The summed E-state index contributed by atoms with van der Waals surface area (Å²) in [5.41, 5.74) is 0. The number of rotatable bonds is 3. The molecule has 20 heavy (non-hydrogen) atoms. The largest absolute Gasteiger partial charge is 0.347 e. The Morgan fingerprint density at radius 2 is 2.10 bits per heavy atom. The number of sulfonamides is 1. The van der Waals surface area contributed by atoms with Crippen molar-refractivity contribution >= 4 is 31.9 Å². The Morgan fingerprint density at radius 3 is 2.70 bits per heavy atom. The van der Waals surface area contributed by atoms with E-state index in [0.29, 0.717) is 23.9 Å². The van der Waals surface area contributed by atoms with Crippen molar-refractivity contribution in [2.45, 2.75) is 23.8 Å². The highest BCUT2D eigenvalue weighted by Gasteiger charge is 2.39. The highest BCUT2D eigenvalue weighted by molar-refractivity contribution is 9.10. The van der Waals surface area contributed by atoms with Crippen molar-refractivity contribution in [2.75, 3.05) is 20.6 Å². The number of amides is 1. The maximum absolute atomic E-state index is 12.7. The lowest BCUT2D eigenvalue weighted by Gasteiger charge is -2.25. The van der Waals surface area contributed by atoms with E-state index in [9.17, 15) is 13.2 Å². The van der Waals surface area contributed by atoms with Crippen LogP contribution in [0.1, 0.15) is 12.8 Å². The molecule has 1 aromatic rings. The van der Waals surface area contributed by atoms with Gasteiger partial charge in [-0.2, -0.15) is 4.31 Å². The van der Waals surface area contributed by atoms with Crippen molar-refractivity contribution in [1.29, 1.82) is 0 Å². The Hall–Kier alpha value is -0.920. The highest BCUT2D eigenvalue weighted by atomic mass is 79.9. The van der Waals surface area contributed by atoms with Crippen molar-refractivity contribution in [3.63, 3.8) is 0 Å². The van der Waals surface area contributed by atoms with Gasteiger partial charge < -0.3 is 4.90 Å². The number of hydrogen-bond acceptors (Lipinski definition) is 3. The van der Waals surface area contributed by atoms with Gasteiger partial charge in [0.15, 0.2) is 0 Å². The molecule has 0 bridgehead atoms. The monoisotopic (exact) mass is 360 g/mol. The van der Waals surface area contributed by atoms with Crippen LogP contribution in [0, 0.1) is 0 Å². The molecule has 0 N–H and O–H groups in total. The Morgan fingerprint density at radius 1 is 1.40 bits per heavy atom. The van der Waals surface area contributed by atoms with E-state index in [2.05, 4.69) is 15.9 Å². The predicted octanol–water partition coefficient (Wildman–Crippen LogP) is 1.69. The first-order valence-corrected chi connectivity index (χ1v) is 8.56. The van der Waals surface area contributed by atoms with Gasteiger partial charge in [-0.25, -0.2) is 8.42 Å². The van der Waals surface area contributed by atoms with E-state index >= 15 is 0 Å². The van der Waals surface area contributed by atoms with Gasteiger partial charge in [0, 0.05) is 25.1 Å². The predicted molar refractivity (Wildman–Crippen MR) is 79.7 cm³/mol. The molecule has 1 saturated heterocycles. The van der Waals surface area contributed by atoms with Crippen LogP contribution >= 0.6 is 15.9 Å². The van der Waals surface area contributed by atoms with Crippen LogP contribution in [0.2, 0.25) is 0 Å². The fourth-order valence-electron chi connectivity index (χ4n) is 2.34. The third kappa shape index (κ3) is 2.89. The zero-order valence-corrected chi connectivity index (χ0v) is 13.8. The minimum absolute atomic E-state index is 0.166. The van der Waals surface area contributed by atoms with E-state index in [1.807, 2.05) is 0 Å². The summed E-state index contributed by atoms with van der Waals surface area (Å²) in [5.74, 6) is -0.166. The average molecular weight is 361 g/mol. The van der Waals surface area contributed by atoms with Crippen LogP contribution in [0.4, 0.5) is 0 Å². The average Bonchev–Trinajstić information content (AvgIpc) is 2.87. The number of carbonyl (C=O) groups excluding carboxylic acids is 1. The molecule has 1 amide bonds. The Labute approximate surface area is 127 Å². The molecule has 5 nitrogen and oxygen atoms in total. The molecule has 0 unspecified atom stereocenters. The first-order chi connectivity index (χ1) is 9.34. The smallest absolute Gasteiger partial charge is 0.243 e. The first kappa shape index (κ1) is 15.5. The highest BCUT2D eigenvalue weighted by Crippen LogP contribution is 2.28. The van der Waals surface area contributed by atoms with Crippen LogP contribution in [0.5, 0.6) is 0 Å². The molecular weight excluding hydrogens is 344 g/mol. The third-order valence-electron chi connectivity index (χ3n) is 3.33. The zero-order chi connectivity index (χ0) is 14.9. The molecule has 1 atom stereocenters. The number of nitrogens with zero attached hydrogens (tertiary/aromatic N) is 2. The molecule has 0 radical (unpaired) electrons. The topological polar surface area (TPSA) is 57.7 Å². The second-order valence-corrected chi connectivity index (χ2v) is 7.77. The second-order valence-electron chi connectivity index (χ2n) is 4.96. The lowest BCUT2D eigenvalue weighted by molar-refractivity contribution is -0.132. The molecule has 1 aromatic carbocycles. The van der Waals surface area contributed by atoms with Crippen LogP contribution < -0.4 is 0 Å². The van der Waals surface area contributed by atoms with Crippen molar-refractivity contribution in [3.05, 3.63) is 28.7 Å². The van der Waals surface area contributed by atoms with Gasteiger partial charge >= 0.3 is 0 Å². The summed E-state index contributed by atoms with van der Waals surface area (Å²) in [7, 11) is -0.346. The van der Waals surface area contributed by atoms with Gasteiger partial charge in [0.25, 0.3) is 0 Å². The van der Waals surface area contributed by atoms with Gasteiger partial charge in [-0.05, 0) is 31.0 Å². The number of hydrogen-bond donors (Lipinski definition) is 0. The second kappa shape index (κ2) is 5.83. The van der Waals surface area contributed by atoms with Crippen molar-refractivity contribution < 1.29 is 13.2 Å². The molecule has 1 aliphatic heterocycles. The maximum atomic E-state index is 12.7. The summed E-state index contributed by atoms with van der Waals surface area (Å²) in [4.78, 5) is 13.8. The first-order valence-electron chi connectivity index (χ1n) is 6.32. The molecule has 0 aromatic heterocycles. The Balaban J connectivity index is 2.36. The van der Waals surface area contributed by atoms with Gasteiger partial charge in [-0.15, -0.1) is 0 Å². The van der Waals surface area contributed by atoms with Crippen LogP contribution in [0.3, 0.4) is 0 Å². The molecule has 2 rings (SSSR count). The maximum Gasteiger partial charge on any atom is 0.243 e. The van der Waals surface area contributed by atoms with Crippen LogP contribution in [-0.2, 0) is 14.8 Å². The van der Waals surface area contributed by atoms with E-state index in [0.717, 1.165) is 0 Å². The summed E-state index contributed by atoms with van der Waals surface area (Å²) < 4.78 is 27.3. The molecule has 0 saturated carbocycles. The molecular formula is C13H17BrN2O3S. The zero-order valence-electron chi connectivity index (χ0n) is 11.4. The van der Waals surface area contributed by atoms with Crippen molar-refractivity contribution in [3.8, 4) is 0 Å². The Bertz CT molecular complexity index is 616. The number of halogens is 1. The lowest BCUT2D eigenvalue weighted by atomic mass is 10.2. The van der Waals surface area contributed by atoms with Crippen LogP contribution in [0.25, 0.3) is 0 Å². The number of benzene rings is 1. The molecule has 1 aliphatic rings. The van der Waals surface area contributed by atoms with E-state index in [-0.39, 0.29) is 10.8 Å². The minimum atomic E-state index is -3.63. The molecule has 0 spiro atoms. The summed E-state index contributed by atoms with van der Waals surface area (Å²) in [5, 5.41) is 0. The quantitative estimate of drug-likeness (QED) is 0.823. The fourth-order valence-corrected chi connectivity index (χ4v) is 4.58. The fraction of sp³-hybridized carbons (Fsp3) is 0.462. The number of likely N-dealkylation sites (N-methyl/N-ethyl adjacent to an activating group) is 1. The van der Waals surface area contributed by atoms with Crippen LogP contribution in [0.15, 0.2) is 33.6 Å². The molecule has 1 heterocycles. The summed E-state index contributed by atoms with van der Waals surface area (Å²) in [6, 6.07) is 5.97. The molecule has 1 fully saturated rings. The normalized spacial score (nSPS) is 20.1. The molecule has 110 valence electrons. The van der Waals surface area contributed by atoms with Crippen LogP contribution in [-0.4, -0.2) is 50.2 Å². The molecule has 7 heteroatoms. The standard InChI is InChI=1S/C13H17BrN2O3S/c1-15(2)13(17)12-7-4-8-16(12)20(18,19)11-6-3-5-10(14)9-11/h3,5-6,9,12H,4,7-8H2,1-2H3/t12-/m1/s1. The van der Waals surface area contributed by atoms with Gasteiger partial charge in [0.05, 0.1) is 4.90 Å². The summed E-state index contributed by atoms with van der Waals surface area (Å²) in [6.45, 7) is 0.388. The van der Waals surface area contributed by atoms with E-state index in [1.165, 1.54) is 9.21 Å². The summed E-state index contributed by atoms with van der Waals surface area (Å²) >= 11 is 3.27. The molecule has 0 aliphatic carbocycles. The van der Waals surface area contributed by atoms with Gasteiger partial charge in [-0.1, -0.05) is 22.0 Å². The summed E-state index contributed by atoms with van der Waals surface area (Å²) in [6.07, 6.45) is 1.28. The number of carbonyl (C=O) groups is 1. The third-order valence-corrected chi connectivity index (χ3v) is 5.73. The lowest BCUT2D eigenvalue weighted by Crippen LogP contribution is -2.45. The Kier molecular flexibility index (Phi) is 4.51.